The average Bonchev–Trinajstić information content (AvgIpc) is 3.33. The molecule has 0 radical (unpaired) electrons. The lowest BCUT2D eigenvalue weighted by Crippen LogP contribution is -2.23. The number of carbonyl (C=O) groups is 1. The zero-order valence-electron chi connectivity index (χ0n) is 18.3. The van der Waals surface area contributed by atoms with E-state index in [9.17, 15) is 19.3 Å². The molecule has 0 aliphatic heterocycles. The number of nitrogens with zero attached hydrogens (tertiary/aromatic N) is 5. The second kappa shape index (κ2) is 9.57. The fourth-order valence-corrected chi connectivity index (χ4v) is 3.20. The maximum Gasteiger partial charge on any atom is 0.310 e. The summed E-state index contributed by atoms with van der Waals surface area (Å²) in [7, 11) is 0. The van der Waals surface area contributed by atoms with Crippen molar-refractivity contribution in [2.75, 3.05) is 0 Å². The Bertz CT molecular complexity index is 1320. The van der Waals surface area contributed by atoms with Gasteiger partial charge in [0.2, 0.25) is 17.9 Å². The quantitative estimate of drug-likeness (QED) is 0.221. The van der Waals surface area contributed by atoms with Crippen molar-refractivity contribution in [3.05, 3.63) is 94.3 Å². The Morgan fingerprint density at radius 3 is 2.29 bits per heavy atom. The van der Waals surface area contributed by atoms with Gasteiger partial charge in [0, 0.05) is 17.2 Å². The molecule has 1 atom stereocenters. The van der Waals surface area contributed by atoms with Crippen molar-refractivity contribution in [2.24, 2.45) is 5.92 Å². The van der Waals surface area contributed by atoms with Crippen molar-refractivity contribution >= 4 is 11.7 Å². The standard InChI is InChI=1S/C24H20FN5O4/c1-15(2)24(31)34-23(29-27-22(26-28-29)17-6-4-3-5-7-17)18-10-8-16(9-11-18)19-12-13-21(30(32)33)20(25)14-19/h3-15,23H,1-2H3/t23-/m0/s1. The summed E-state index contributed by atoms with van der Waals surface area (Å²) in [6.07, 6.45) is -0.970. The molecule has 4 aromatic rings. The first kappa shape index (κ1) is 22.7. The lowest BCUT2D eigenvalue weighted by atomic mass is 10.0. The molecule has 0 saturated carbocycles. The van der Waals surface area contributed by atoms with E-state index in [1.54, 1.807) is 38.1 Å². The molecule has 0 saturated heterocycles. The minimum atomic E-state index is -0.970. The smallest absolute Gasteiger partial charge is 0.310 e. The third-order valence-electron chi connectivity index (χ3n) is 5.04. The number of nitro benzene ring substituents is 1. The van der Waals surface area contributed by atoms with Crippen LogP contribution < -0.4 is 0 Å². The molecule has 172 valence electrons. The van der Waals surface area contributed by atoms with Crippen LogP contribution in [0.15, 0.2) is 72.8 Å². The molecule has 10 heteroatoms. The van der Waals surface area contributed by atoms with E-state index >= 15 is 0 Å². The Balaban J connectivity index is 1.66. The molecular formula is C24H20FN5O4. The molecule has 1 aromatic heterocycles. The first-order valence-corrected chi connectivity index (χ1v) is 10.4. The summed E-state index contributed by atoms with van der Waals surface area (Å²) in [5, 5.41) is 23.4. The lowest BCUT2D eigenvalue weighted by molar-refractivity contribution is -0.387. The van der Waals surface area contributed by atoms with Crippen LogP contribution in [0.1, 0.15) is 25.6 Å². The topological polar surface area (TPSA) is 113 Å². The third kappa shape index (κ3) is 4.80. The first-order valence-electron chi connectivity index (χ1n) is 10.4. The largest absolute Gasteiger partial charge is 0.433 e. The number of hydrogen-bond donors (Lipinski definition) is 0. The molecule has 1 heterocycles. The van der Waals surface area contributed by atoms with Crippen LogP contribution in [-0.4, -0.2) is 31.1 Å². The van der Waals surface area contributed by atoms with E-state index in [4.69, 9.17) is 4.74 Å². The number of halogens is 1. The summed E-state index contributed by atoms with van der Waals surface area (Å²) in [6.45, 7) is 3.44. The fourth-order valence-electron chi connectivity index (χ4n) is 3.20. The van der Waals surface area contributed by atoms with Crippen LogP contribution in [-0.2, 0) is 9.53 Å². The van der Waals surface area contributed by atoms with Gasteiger partial charge in [0.05, 0.1) is 10.8 Å². The molecule has 34 heavy (non-hydrogen) atoms. The third-order valence-corrected chi connectivity index (χ3v) is 5.04. The predicted molar refractivity (Wildman–Crippen MR) is 121 cm³/mol. The number of tetrazole rings is 1. The highest BCUT2D eigenvalue weighted by atomic mass is 19.1. The Kier molecular flexibility index (Phi) is 6.39. The minimum absolute atomic E-state index is 0.373. The van der Waals surface area contributed by atoms with Gasteiger partial charge >= 0.3 is 11.7 Å². The molecule has 3 aromatic carbocycles. The highest BCUT2D eigenvalue weighted by Crippen LogP contribution is 2.28. The number of carbonyl (C=O) groups excluding carboxylic acids is 1. The van der Waals surface area contributed by atoms with Gasteiger partial charge in [-0.2, -0.15) is 4.39 Å². The van der Waals surface area contributed by atoms with E-state index in [1.165, 1.54) is 10.9 Å². The Morgan fingerprint density at radius 1 is 1.00 bits per heavy atom. The van der Waals surface area contributed by atoms with Crippen LogP contribution in [0.25, 0.3) is 22.5 Å². The van der Waals surface area contributed by atoms with E-state index in [0.717, 1.165) is 17.7 Å². The SMILES string of the molecule is CC(C)C(=O)O[C@@H](c1ccc(-c2ccc([N+](=O)[O-])c(F)c2)cc1)n1nnc(-c2ccccc2)n1. The summed E-state index contributed by atoms with van der Waals surface area (Å²) in [6, 6.07) is 19.7. The first-order chi connectivity index (χ1) is 16.3. The van der Waals surface area contributed by atoms with Crippen LogP contribution >= 0.6 is 0 Å². The Morgan fingerprint density at radius 2 is 1.68 bits per heavy atom. The van der Waals surface area contributed by atoms with Crippen molar-refractivity contribution in [1.82, 2.24) is 20.2 Å². The normalized spacial score (nSPS) is 11.9. The summed E-state index contributed by atoms with van der Waals surface area (Å²) in [5.41, 5.74) is 1.83. The zero-order chi connectivity index (χ0) is 24.2. The number of hydrogen-bond acceptors (Lipinski definition) is 7. The highest BCUT2D eigenvalue weighted by molar-refractivity contribution is 5.72. The van der Waals surface area contributed by atoms with Gasteiger partial charge in [-0.25, -0.2) is 0 Å². The molecule has 0 amide bonds. The zero-order valence-corrected chi connectivity index (χ0v) is 18.3. The predicted octanol–water partition coefficient (Wildman–Crippen LogP) is 4.80. The molecule has 0 unspecified atom stereocenters. The molecule has 0 spiro atoms. The van der Waals surface area contributed by atoms with Crippen molar-refractivity contribution in [3.8, 4) is 22.5 Å². The van der Waals surface area contributed by atoms with E-state index in [0.29, 0.717) is 22.5 Å². The van der Waals surface area contributed by atoms with E-state index in [2.05, 4.69) is 15.4 Å². The Labute approximate surface area is 194 Å². The monoisotopic (exact) mass is 461 g/mol. The maximum absolute atomic E-state index is 14.1. The van der Waals surface area contributed by atoms with Gasteiger partial charge in [-0.05, 0) is 28.5 Å². The fraction of sp³-hybridized carbons (Fsp3) is 0.167. The van der Waals surface area contributed by atoms with Crippen LogP contribution in [0.2, 0.25) is 0 Å². The average molecular weight is 461 g/mol. The second-order valence-corrected chi connectivity index (χ2v) is 7.79. The number of rotatable bonds is 7. The molecule has 0 N–H and O–H groups in total. The highest BCUT2D eigenvalue weighted by Gasteiger charge is 2.24. The summed E-state index contributed by atoms with van der Waals surface area (Å²) >= 11 is 0. The van der Waals surface area contributed by atoms with Crippen molar-refractivity contribution in [2.45, 2.75) is 20.1 Å². The van der Waals surface area contributed by atoms with E-state index in [1.807, 2.05) is 30.3 Å². The van der Waals surface area contributed by atoms with E-state index < -0.39 is 28.6 Å². The Hall–Kier alpha value is -4.47. The minimum Gasteiger partial charge on any atom is -0.433 e. The van der Waals surface area contributed by atoms with Crippen molar-refractivity contribution in [1.29, 1.82) is 0 Å². The van der Waals surface area contributed by atoms with Gasteiger partial charge in [-0.15, -0.1) is 15.0 Å². The maximum atomic E-state index is 14.1. The van der Waals surface area contributed by atoms with Crippen molar-refractivity contribution in [3.63, 3.8) is 0 Å². The lowest BCUT2D eigenvalue weighted by Gasteiger charge is -2.18. The van der Waals surface area contributed by atoms with Crippen LogP contribution in [0.4, 0.5) is 10.1 Å². The van der Waals surface area contributed by atoms with Gasteiger partial charge in [0.15, 0.2) is 0 Å². The molecule has 4 rings (SSSR count). The number of ether oxygens (including phenoxy) is 1. The van der Waals surface area contributed by atoms with Gasteiger partial charge in [-0.1, -0.05) is 68.4 Å². The summed E-state index contributed by atoms with van der Waals surface area (Å²) < 4.78 is 19.7. The summed E-state index contributed by atoms with van der Waals surface area (Å²) in [5.74, 6) is -1.35. The van der Waals surface area contributed by atoms with Crippen molar-refractivity contribution < 1.29 is 18.8 Å². The molecule has 0 aliphatic rings. The molecular weight excluding hydrogens is 441 g/mol. The molecule has 0 bridgehead atoms. The van der Waals surface area contributed by atoms with E-state index in [-0.39, 0.29) is 5.92 Å². The molecule has 9 nitrogen and oxygen atoms in total. The second-order valence-electron chi connectivity index (χ2n) is 7.79. The van der Waals surface area contributed by atoms with Gasteiger partial charge in [0.1, 0.15) is 0 Å². The number of esters is 1. The van der Waals surface area contributed by atoms with Crippen LogP contribution in [0.5, 0.6) is 0 Å². The number of benzene rings is 3. The molecule has 0 aliphatic carbocycles. The number of aromatic nitrogens is 4. The van der Waals surface area contributed by atoms with Gasteiger partial charge in [-0.3, -0.25) is 14.9 Å². The van der Waals surface area contributed by atoms with Gasteiger partial charge < -0.3 is 4.74 Å². The molecule has 0 fully saturated rings. The van der Waals surface area contributed by atoms with Gasteiger partial charge in [0.25, 0.3) is 0 Å². The number of nitro groups is 1. The van der Waals surface area contributed by atoms with Crippen LogP contribution in [0, 0.1) is 21.8 Å². The van der Waals surface area contributed by atoms with Crippen LogP contribution in [0.3, 0.4) is 0 Å². The summed E-state index contributed by atoms with van der Waals surface area (Å²) in [4.78, 5) is 23.7.